The molecule has 0 aliphatic carbocycles. The molecule has 0 unspecified atom stereocenters. The van der Waals surface area contributed by atoms with Crippen molar-refractivity contribution in [1.29, 1.82) is 0 Å². The second kappa shape index (κ2) is 6.74. The third-order valence-corrected chi connectivity index (χ3v) is 3.52. The molecule has 0 aliphatic heterocycles. The molecule has 0 heterocycles. The summed E-state index contributed by atoms with van der Waals surface area (Å²) < 4.78 is 24.2. The molecule has 2 aromatic carbocycles. The minimum Gasteiger partial charge on any atom is -0.493 e. The van der Waals surface area contributed by atoms with Gasteiger partial charge in [0.05, 0.1) is 12.1 Å². The Morgan fingerprint density at radius 3 is 2.71 bits per heavy atom. The molecule has 0 atom stereocenters. The van der Waals surface area contributed by atoms with Gasteiger partial charge in [0.15, 0.2) is 11.5 Å². The first-order valence-electron chi connectivity index (χ1n) is 6.06. The molecule has 0 saturated heterocycles. The second-order valence-corrected chi connectivity index (χ2v) is 5.05. The maximum atomic E-state index is 13.4. The number of methoxy groups -OCH3 is 1. The molecule has 0 aromatic heterocycles. The highest BCUT2D eigenvalue weighted by Crippen LogP contribution is 2.30. The van der Waals surface area contributed by atoms with Crippen LogP contribution >= 0.6 is 23.8 Å². The van der Waals surface area contributed by atoms with E-state index in [0.717, 1.165) is 0 Å². The van der Waals surface area contributed by atoms with Crippen LogP contribution in [0, 0.1) is 5.82 Å². The van der Waals surface area contributed by atoms with Gasteiger partial charge in [-0.3, -0.25) is 0 Å². The molecule has 0 fully saturated rings. The van der Waals surface area contributed by atoms with E-state index >= 15 is 0 Å². The van der Waals surface area contributed by atoms with E-state index in [4.69, 9.17) is 39.0 Å². The van der Waals surface area contributed by atoms with Crippen molar-refractivity contribution in [3.05, 3.63) is 58.4 Å². The molecule has 2 aromatic rings. The van der Waals surface area contributed by atoms with E-state index < -0.39 is 5.82 Å². The third-order valence-electron chi connectivity index (χ3n) is 2.86. The first-order chi connectivity index (χ1) is 10.0. The van der Waals surface area contributed by atoms with Gasteiger partial charge in [-0.2, -0.15) is 0 Å². The van der Waals surface area contributed by atoms with Gasteiger partial charge in [0.1, 0.15) is 17.4 Å². The number of thiocarbonyl (C=S) groups is 1. The standard InChI is InChI=1S/C15H13ClFNO2S/c1-19-13-7-9(15(18)21)5-6-12(13)20-8-10-3-2-4-11(17)14(10)16/h2-7H,8H2,1H3,(H2,18,21). The lowest BCUT2D eigenvalue weighted by Crippen LogP contribution is -2.09. The number of hydrogen-bond acceptors (Lipinski definition) is 3. The Morgan fingerprint density at radius 2 is 2.05 bits per heavy atom. The minimum absolute atomic E-state index is 0.0521. The van der Waals surface area contributed by atoms with Gasteiger partial charge in [-0.05, 0) is 24.3 Å². The molecule has 0 bridgehead atoms. The van der Waals surface area contributed by atoms with Crippen molar-refractivity contribution in [2.45, 2.75) is 6.61 Å². The van der Waals surface area contributed by atoms with Crippen LogP contribution in [0.4, 0.5) is 4.39 Å². The summed E-state index contributed by atoms with van der Waals surface area (Å²) in [5.74, 6) is 0.513. The molecular formula is C15H13ClFNO2S. The van der Waals surface area contributed by atoms with Crippen LogP contribution in [0.25, 0.3) is 0 Å². The Bertz CT molecular complexity index is 679. The van der Waals surface area contributed by atoms with Crippen LogP contribution in [0.2, 0.25) is 5.02 Å². The smallest absolute Gasteiger partial charge is 0.161 e. The topological polar surface area (TPSA) is 44.5 Å². The largest absolute Gasteiger partial charge is 0.493 e. The van der Waals surface area contributed by atoms with Gasteiger partial charge in [0.25, 0.3) is 0 Å². The van der Waals surface area contributed by atoms with E-state index in [2.05, 4.69) is 0 Å². The average molecular weight is 326 g/mol. The summed E-state index contributed by atoms with van der Waals surface area (Å²) in [5.41, 5.74) is 6.80. The molecule has 3 nitrogen and oxygen atoms in total. The lowest BCUT2D eigenvalue weighted by atomic mass is 10.2. The van der Waals surface area contributed by atoms with E-state index in [1.165, 1.54) is 13.2 Å². The van der Waals surface area contributed by atoms with Crippen molar-refractivity contribution >= 4 is 28.8 Å². The number of rotatable bonds is 5. The average Bonchev–Trinajstić information content (AvgIpc) is 2.48. The Hall–Kier alpha value is -1.85. The Labute approximate surface area is 132 Å². The van der Waals surface area contributed by atoms with Gasteiger partial charge in [-0.25, -0.2) is 4.39 Å². The molecule has 110 valence electrons. The highest BCUT2D eigenvalue weighted by atomic mass is 35.5. The Balaban J connectivity index is 2.20. The van der Waals surface area contributed by atoms with Gasteiger partial charge >= 0.3 is 0 Å². The maximum absolute atomic E-state index is 13.4. The predicted molar refractivity (Wildman–Crippen MR) is 84.6 cm³/mol. The van der Waals surface area contributed by atoms with Crippen LogP contribution in [-0.2, 0) is 6.61 Å². The number of halogens is 2. The molecule has 0 aliphatic rings. The highest BCUT2D eigenvalue weighted by Gasteiger charge is 2.10. The van der Waals surface area contributed by atoms with Gasteiger partial charge < -0.3 is 15.2 Å². The van der Waals surface area contributed by atoms with Crippen molar-refractivity contribution in [3.8, 4) is 11.5 Å². The van der Waals surface area contributed by atoms with Crippen molar-refractivity contribution in [3.63, 3.8) is 0 Å². The van der Waals surface area contributed by atoms with Gasteiger partial charge in [-0.1, -0.05) is 36.0 Å². The number of benzene rings is 2. The van der Waals surface area contributed by atoms with Crippen LogP contribution in [0.1, 0.15) is 11.1 Å². The quantitative estimate of drug-likeness (QED) is 0.851. The minimum atomic E-state index is -0.478. The lowest BCUT2D eigenvalue weighted by molar-refractivity contribution is 0.284. The first-order valence-corrected chi connectivity index (χ1v) is 6.85. The molecule has 2 rings (SSSR count). The van der Waals surface area contributed by atoms with E-state index in [1.807, 2.05) is 0 Å². The summed E-state index contributed by atoms with van der Waals surface area (Å²) in [6.07, 6.45) is 0. The zero-order valence-electron chi connectivity index (χ0n) is 11.2. The lowest BCUT2D eigenvalue weighted by Gasteiger charge is -2.12. The SMILES string of the molecule is COc1cc(C(N)=S)ccc1OCc1cccc(F)c1Cl. The summed E-state index contributed by atoms with van der Waals surface area (Å²) in [7, 11) is 1.51. The van der Waals surface area contributed by atoms with Crippen LogP contribution in [0.5, 0.6) is 11.5 Å². The third kappa shape index (κ3) is 3.62. The zero-order chi connectivity index (χ0) is 15.4. The van der Waals surface area contributed by atoms with Gasteiger partial charge in [0.2, 0.25) is 0 Å². The summed E-state index contributed by atoms with van der Waals surface area (Å²) in [4.78, 5) is 0.271. The van der Waals surface area contributed by atoms with Gasteiger partial charge in [-0.15, -0.1) is 0 Å². The Morgan fingerprint density at radius 1 is 1.29 bits per heavy atom. The molecule has 0 saturated carbocycles. The van der Waals surface area contributed by atoms with Crippen molar-refractivity contribution in [1.82, 2.24) is 0 Å². The summed E-state index contributed by atoms with van der Waals surface area (Å²) in [6.45, 7) is 0.124. The number of nitrogens with two attached hydrogens (primary N) is 1. The Kier molecular flexibility index (Phi) is 4.98. The van der Waals surface area contributed by atoms with Crippen molar-refractivity contribution in [2.24, 2.45) is 5.73 Å². The highest BCUT2D eigenvalue weighted by molar-refractivity contribution is 7.80. The first kappa shape index (κ1) is 15.5. The number of ether oxygens (including phenoxy) is 2. The zero-order valence-corrected chi connectivity index (χ0v) is 12.8. The molecule has 0 spiro atoms. The predicted octanol–water partition coefficient (Wildman–Crippen LogP) is 3.70. The van der Waals surface area contributed by atoms with E-state index in [9.17, 15) is 4.39 Å². The van der Waals surface area contributed by atoms with Crippen LogP contribution in [-0.4, -0.2) is 12.1 Å². The van der Waals surface area contributed by atoms with E-state index in [-0.39, 0.29) is 16.6 Å². The van der Waals surface area contributed by atoms with Gasteiger partial charge in [0, 0.05) is 11.1 Å². The second-order valence-electron chi connectivity index (χ2n) is 4.23. The maximum Gasteiger partial charge on any atom is 0.161 e. The molecule has 2 N–H and O–H groups in total. The fraction of sp³-hybridized carbons (Fsp3) is 0.133. The number of hydrogen-bond donors (Lipinski definition) is 1. The summed E-state index contributed by atoms with van der Waals surface area (Å²) >= 11 is 10.8. The summed E-state index contributed by atoms with van der Waals surface area (Å²) in [6, 6.07) is 9.68. The van der Waals surface area contributed by atoms with Crippen molar-refractivity contribution < 1.29 is 13.9 Å². The molecule has 21 heavy (non-hydrogen) atoms. The normalized spacial score (nSPS) is 10.2. The summed E-state index contributed by atoms with van der Waals surface area (Å²) in [5, 5.41) is 0.0521. The fourth-order valence-electron chi connectivity index (χ4n) is 1.76. The van der Waals surface area contributed by atoms with Crippen LogP contribution in [0.15, 0.2) is 36.4 Å². The fourth-order valence-corrected chi connectivity index (χ4v) is 2.06. The molecule has 0 amide bonds. The molecule has 0 radical (unpaired) electrons. The van der Waals surface area contributed by atoms with E-state index in [0.29, 0.717) is 22.6 Å². The van der Waals surface area contributed by atoms with Crippen LogP contribution < -0.4 is 15.2 Å². The van der Waals surface area contributed by atoms with E-state index in [1.54, 1.807) is 30.3 Å². The molecular weight excluding hydrogens is 313 g/mol. The van der Waals surface area contributed by atoms with Crippen LogP contribution in [0.3, 0.4) is 0 Å². The monoisotopic (exact) mass is 325 g/mol. The van der Waals surface area contributed by atoms with Crippen molar-refractivity contribution in [2.75, 3.05) is 7.11 Å². The molecule has 6 heteroatoms.